The van der Waals surface area contributed by atoms with Crippen molar-refractivity contribution in [1.29, 1.82) is 0 Å². The van der Waals surface area contributed by atoms with E-state index in [9.17, 15) is 9.90 Å². The minimum absolute atomic E-state index is 0. The quantitative estimate of drug-likeness (QED) is 0.513. The van der Waals surface area contributed by atoms with Crippen LogP contribution in [0.5, 0.6) is 0 Å². The van der Waals surface area contributed by atoms with E-state index >= 15 is 0 Å². The SMILES string of the molecule is CC(=O)O.CC(=O)[O-].O=C([O-])c1ccccc1.[Na+].[Na+]. The normalized spacial score (nSPS) is 6.84. The Balaban J connectivity index is -0.0000000975. The molecule has 0 bridgehead atoms. The van der Waals surface area contributed by atoms with E-state index in [1.807, 2.05) is 0 Å². The van der Waals surface area contributed by atoms with Crippen molar-refractivity contribution in [2.75, 3.05) is 0 Å². The molecule has 0 saturated carbocycles. The monoisotopic (exact) mass is 286 g/mol. The van der Waals surface area contributed by atoms with Gasteiger partial charge in [0.2, 0.25) is 0 Å². The van der Waals surface area contributed by atoms with E-state index in [-0.39, 0.29) is 64.7 Å². The number of aromatic carboxylic acids is 1. The van der Waals surface area contributed by atoms with Crippen LogP contribution >= 0.6 is 0 Å². The molecule has 0 saturated heterocycles. The zero-order valence-electron chi connectivity index (χ0n) is 11.4. The average molecular weight is 286 g/mol. The van der Waals surface area contributed by atoms with E-state index < -0.39 is 17.9 Å². The zero-order valence-corrected chi connectivity index (χ0v) is 15.4. The van der Waals surface area contributed by atoms with Crippen LogP contribution in [0.1, 0.15) is 24.2 Å². The van der Waals surface area contributed by atoms with E-state index in [2.05, 4.69) is 0 Å². The fourth-order valence-electron chi connectivity index (χ4n) is 0.574. The van der Waals surface area contributed by atoms with E-state index in [1.54, 1.807) is 18.2 Å². The van der Waals surface area contributed by atoms with Gasteiger partial charge in [-0.25, -0.2) is 0 Å². The number of carbonyl (C=O) groups excluding carboxylic acids is 2. The van der Waals surface area contributed by atoms with Gasteiger partial charge in [-0.3, -0.25) is 4.79 Å². The smallest absolute Gasteiger partial charge is 0.550 e. The topological polar surface area (TPSA) is 118 Å². The summed E-state index contributed by atoms with van der Waals surface area (Å²) >= 11 is 0. The summed E-state index contributed by atoms with van der Waals surface area (Å²) in [6.07, 6.45) is 0. The van der Waals surface area contributed by atoms with Crippen molar-refractivity contribution in [3.63, 3.8) is 0 Å². The van der Waals surface area contributed by atoms with E-state index in [4.69, 9.17) is 19.8 Å². The summed E-state index contributed by atoms with van der Waals surface area (Å²) in [5.74, 6) is -3.05. The van der Waals surface area contributed by atoms with Crippen molar-refractivity contribution in [3.05, 3.63) is 35.9 Å². The fourth-order valence-corrected chi connectivity index (χ4v) is 0.574. The molecule has 8 heteroatoms. The molecule has 1 aromatic carbocycles. The van der Waals surface area contributed by atoms with Gasteiger partial charge in [-0.05, 0) is 12.5 Å². The maximum atomic E-state index is 10.1. The molecular weight excluding hydrogens is 274 g/mol. The van der Waals surface area contributed by atoms with E-state index in [1.165, 1.54) is 12.1 Å². The molecular formula is C11H12Na2O6. The van der Waals surface area contributed by atoms with Gasteiger partial charge in [-0.1, -0.05) is 30.3 Å². The molecule has 1 N–H and O–H groups in total. The number of aliphatic carboxylic acids is 2. The van der Waals surface area contributed by atoms with Gasteiger partial charge >= 0.3 is 59.1 Å². The molecule has 0 radical (unpaired) electrons. The Morgan fingerprint density at radius 2 is 1.21 bits per heavy atom. The Bertz CT molecular complexity index is 347. The molecule has 0 aliphatic carbocycles. The predicted molar refractivity (Wildman–Crippen MR) is 54.8 cm³/mol. The molecule has 19 heavy (non-hydrogen) atoms. The number of hydrogen-bond acceptors (Lipinski definition) is 5. The third kappa shape index (κ3) is 31.8. The Labute approximate surface area is 155 Å². The van der Waals surface area contributed by atoms with Crippen LogP contribution in [-0.4, -0.2) is 23.0 Å². The molecule has 0 spiro atoms. The summed E-state index contributed by atoms with van der Waals surface area (Å²) in [6, 6.07) is 8.06. The standard InChI is InChI=1S/C7H6O2.2C2H4O2.2Na/c8-7(9)6-4-2-1-3-5-6;2*1-2(3)4;;/h1-5H,(H,8,9);2*1H3,(H,3,4);;/q;;;2*+1/p-2. The van der Waals surface area contributed by atoms with Crippen molar-refractivity contribution in [2.45, 2.75) is 13.8 Å². The first-order valence-corrected chi connectivity index (χ1v) is 4.40. The number of hydrogen-bond donors (Lipinski definition) is 1. The maximum Gasteiger partial charge on any atom is 1.00 e. The van der Waals surface area contributed by atoms with Crippen LogP contribution < -0.4 is 69.3 Å². The Morgan fingerprint density at radius 3 is 1.37 bits per heavy atom. The van der Waals surface area contributed by atoms with Crippen molar-refractivity contribution in [1.82, 2.24) is 0 Å². The van der Waals surface area contributed by atoms with Gasteiger partial charge in [0.25, 0.3) is 5.97 Å². The molecule has 0 fully saturated rings. The number of rotatable bonds is 1. The van der Waals surface area contributed by atoms with Crippen LogP contribution in [0, 0.1) is 0 Å². The number of carbonyl (C=O) groups is 3. The van der Waals surface area contributed by atoms with Crippen LogP contribution in [-0.2, 0) is 9.59 Å². The maximum absolute atomic E-state index is 10.1. The van der Waals surface area contributed by atoms with Gasteiger partial charge < -0.3 is 24.9 Å². The zero-order chi connectivity index (χ0) is 13.8. The molecule has 0 aliphatic rings. The third-order valence-corrected chi connectivity index (χ3v) is 1.01. The number of carboxylic acids is 3. The molecule has 0 heterocycles. The molecule has 0 aromatic heterocycles. The minimum Gasteiger partial charge on any atom is -0.550 e. The second-order valence-electron chi connectivity index (χ2n) is 2.66. The van der Waals surface area contributed by atoms with Gasteiger partial charge in [-0.15, -0.1) is 0 Å². The summed E-state index contributed by atoms with van der Waals surface area (Å²) in [5, 5.41) is 26.4. The Hall–Kier alpha value is -0.370. The first kappa shape index (κ1) is 27.1. The molecule has 1 rings (SSSR count). The molecule has 0 aliphatic heterocycles. The van der Waals surface area contributed by atoms with Gasteiger partial charge in [-0.2, -0.15) is 0 Å². The van der Waals surface area contributed by atoms with Crippen molar-refractivity contribution >= 4 is 17.9 Å². The second kappa shape index (κ2) is 17.6. The minimum atomic E-state index is -1.13. The predicted octanol–water partition coefficient (Wildman–Crippen LogP) is -7.09. The van der Waals surface area contributed by atoms with Crippen LogP contribution in [0.25, 0.3) is 0 Å². The van der Waals surface area contributed by atoms with Crippen molar-refractivity contribution in [3.8, 4) is 0 Å². The molecule has 94 valence electrons. The van der Waals surface area contributed by atoms with Gasteiger partial charge in [0.1, 0.15) is 0 Å². The van der Waals surface area contributed by atoms with Gasteiger partial charge in [0.15, 0.2) is 0 Å². The summed E-state index contributed by atoms with van der Waals surface area (Å²) in [6.45, 7) is 2.06. The largest absolute Gasteiger partial charge is 1.00 e. The Kier molecular flexibility index (Phi) is 25.1. The number of benzene rings is 1. The van der Waals surface area contributed by atoms with Crippen molar-refractivity contribution < 1.29 is 88.8 Å². The summed E-state index contributed by atoms with van der Waals surface area (Å²) in [5.41, 5.74) is 0.220. The molecule has 0 unspecified atom stereocenters. The summed E-state index contributed by atoms with van der Waals surface area (Å²) < 4.78 is 0. The van der Waals surface area contributed by atoms with E-state index in [0.717, 1.165) is 13.8 Å². The number of carboxylic acid groups (broad SMARTS) is 3. The van der Waals surface area contributed by atoms with Gasteiger partial charge in [0.05, 0.1) is 5.97 Å². The third-order valence-electron chi connectivity index (χ3n) is 1.01. The average Bonchev–Trinajstić information content (AvgIpc) is 2.17. The van der Waals surface area contributed by atoms with Crippen LogP contribution in [0.2, 0.25) is 0 Å². The first-order valence-electron chi connectivity index (χ1n) is 4.40. The fraction of sp³-hybridized carbons (Fsp3) is 0.182. The summed E-state index contributed by atoms with van der Waals surface area (Å²) in [4.78, 5) is 28.0. The summed E-state index contributed by atoms with van der Waals surface area (Å²) in [7, 11) is 0. The van der Waals surface area contributed by atoms with Crippen LogP contribution in [0.4, 0.5) is 0 Å². The van der Waals surface area contributed by atoms with Crippen LogP contribution in [0.15, 0.2) is 30.3 Å². The van der Waals surface area contributed by atoms with Crippen LogP contribution in [0.3, 0.4) is 0 Å². The van der Waals surface area contributed by atoms with Gasteiger partial charge in [0, 0.05) is 12.9 Å². The molecule has 1 aromatic rings. The second-order valence-corrected chi connectivity index (χ2v) is 2.66. The Morgan fingerprint density at radius 1 is 0.947 bits per heavy atom. The molecule has 0 amide bonds. The van der Waals surface area contributed by atoms with Crippen molar-refractivity contribution in [2.24, 2.45) is 0 Å². The molecule has 0 atom stereocenters. The first-order chi connectivity index (χ1) is 7.77. The molecule has 6 nitrogen and oxygen atoms in total. The van der Waals surface area contributed by atoms with E-state index in [0.29, 0.717) is 0 Å².